The van der Waals surface area contributed by atoms with Crippen LogP contribution >= 0.6 is 0 Å². The van der Waals surface area contributed by atoms with E-state index in [1.165, 1.54) is 0 Å². The molecule has 5 heteroatoms. The van der Waals surface area contributed by atoms with E-state index in [1.54, 1.807) is 0 Å². The van der Waals surface area contributed by atoms with Crippen LogP contribution in [0, 0.1) is 5.92 Å². The Morgan fingerprint density at radius 2 is 2.20 bits per heavy atom. The summed E-state index contributed by atoms with van der Waals surface area (Å²) in [5.74, 6) is -0.497. The lowest BCUT2D eigenvalue weighted by molar-refractivity contribution is -0.143. The fraction of sp³-hybridized carbons (Fsp3) is 0.733. The highest BCUT2D eigenvalue weighted by Gasteiger charge is 2.36. The Labute approximate surface area is 120 Å². The molecule has 2 heterocycles. The van der Waals surface area contributed by atoms with Crippen molar-refractivity contribution in [3.63, 3.8) is 0 Å². The fourth-order valence-corrected chi connectivity index (χ4v) is 3.14. The third-order valence-electron chi connectivity index (χ3n) is 4.40. The molecule has 0 aliphatic carbocycles. The zero-order chi connectivity index (χ0) is 14.7. The minimum atomic E-state index is -0.713. The second-order valence-electron chi connectivity index (χ2n) is 5.78. The molecule has 2 rings (SSSR count). The maximum atomic E-state index is 11.4. The van der Waals surface area contributed by atoms with Crippen molar-refractivity contribution < 1.29 is 9.90 Å². The van der Waals surface area contributed by atoms with Crippen molar-refractivity contribution in [1.29, 1.82) is 0 Å². The SMILES string of the molecule is CCC(CC)n1ccc(CN2CCC(C)C2C(=O)O)n1. The summed E-state index contributed by atoms with van der Waals surface area (Å²) >= 11 is 0. The van der Waals surface area contributed by atoms with E-state index < -0.39 is 5.97 Å². The molecule has 0 amide bonds. The summed E-state index contributed by atoms with van der Waals surface area (Å²) in [6, 6.07) is 2.09. The number of aliphatic carboxylic acids is 1. The second kappa shape index (κ2) is 6.39. The molecule has 2 atom stereocenters. The first-order valence-corrected chi connectivity index (χ1v) is 7.57. The van der Waals surface area contributed by atoms with Gasteiger partial charge in [-0.05, 0) is 37.8 Å². The van der Waals surface area contributed by atoms with E-state index >= 15 is 0 Å². The predicted octanol–water partition coefficient (Wildman–Crippen LogP) is 2.54. The van der Waals surface area contributed by atoms with Crippen LogP contribution in [0.2, 0.25) is 0 Å². The minimum absolute atomic E-state index is 0.216. The van der Waals surface area contributed by atoms with Crippen LogP contribution in [0.1, 0.15) is 51.8 Å². The highest BCUT2D eigenvalue weighted by molar-refractivity contribution is 5.74. The van der Waals surface area contributed by atoms with Crippen LogP contribution in [-0.4, -0.2) is 38.3 Å². The predicted molar refractivity (Wildman–Crippen MR) is 77.5 cm³/mol. The van der Waals surface area contributed by atoms with Crippen molar-refractivity contribution in [2.75, 3.05) is 6.54 Å². The van der Waals surface area contributed by atoms with Gasteiger partial charge in [0.25, 0.3) is 0 Å². The van der Waals surface area contributed by atoms with Crippen LogP contribution in [0.4, 0.5) is 0 Å². The Morgan fingerprint density at radius 3 is 2.80 bits per heavy atom. The molecule has 0 spiro atoms. The number of rotatable bonds is 6. The summed E-state index contributed by atoms with van der Waals surface area (Å²) in [6.45, 7) is 7.82. The lowest BCUT2D eigenvalue weighted by atomic mass is 10.0. The van der Waals surface area contributed by atoms with Crippen LogP contribution < -0.4 is 0 Å². The molecule has 5 nitrogen and oxygen atoms in total. The van der Waals surface area contributed by atoms with Gasteiger partial charge in [0.2, 0.25) is 0 Å². The number of nitrogens with zero attached hydrogens (tertiary/aromatic N) is 3. The van der Waals surface area contributed by atoms with Gasteiger partial charge >= 0.3 is 5.97 Å². The van der Waals surface area contributed by atoms with E-state index in [4.69, 9.17) is 0 Å². The Hall–Kier alpha value is -1.36. The third kappa shape index (κ3) is 3.03. The average molecular weight is 279 g/mol. The molecular weight excluding hydrogens is 254 g/mol. The highest BCUT2D eigenvalue weighted by Crippen LogP contribution is 2.26. The summed E-state index contributed by atoms with van der Waals surface area (Å²) in [5, 5.41) is 14.0. The van der Waals surface area contributed by atoms with E-state index in [1.807, 2.05) is 28.8 Å². The number of hydrogen-bond acceptors (Lipinski definition) is 3. The number of carbonyl (C=O) groups is 1. The van der Waals surface area contributed by atoms with E-state index in [0.29, 0.717) is 12.6 Å². The fourth-order valence-electron chi connectivity index (χ4n) is 3.14. The Bertz CT molecular complexity index is 454. The Balaban J connectivity index is 2.05. The second-order valence-corrected chi connectivity index (χ2v) is 5.78. The van der Waals surface area contributed by atoms with Crippen LogP contribution in [0.3, 0.4) is 0 Å². The molecule has 112 valence electrons. The molecule has 1 aliphatic rings. The lowest BCUT2D eigenvalue weighted by Gasteiger charge is -2.22. The summed E-state index contributed by atoms with van der Waals surface area (Å²) < 4.78 is 2.02. The van der Waals surface area contributed by atoms with Gasteiger partial charge in [-0.3, -0.25) is 14.4 Å². The van der Waals surface area contributed by atoms with Crippen molar-refractivity contribution >= 4 is 5.97 Å². The molecule has 0 saturated carbocycles. The minimum Gasteiger partial charge on any atom is -0.480 e. The Kier molecular flexibility index (Phi) is 4.81. The first-order chi connectivity index (χ1) is 9.56. The standard InChI is InChI=1S/C15H25N3O2/c1-4-13(5-2)18-9-7-12(16-18)10-17-8-6-11(3)14(17)15(19)20/h7,9,11,13-14H,4-6,8,10H2,1-3H3,(H,19,20). The number of likely N-dealkylation sites (tertiary alicyclic amines) is 1. The molecule has 20 heavy (non-hydrogen) atoms. The van der Waals surface area contributed by atoms with Crippen LogP contribution in [0.15, 0.2) is 12.3 Å². The molecule has 1 aromatic heterocycles. The van der Waals surface area contributed by atoms with Crippen LogP contribution in [0.5, 0.6) is 0 Å². The zero-order valence-corrected chi connectivity index (χ0v) is 12.6. The van der Waals surface area contributed by atoms with Crippen molar-refractivity contribution in [3.8, 4) is 0 Å². The quantitative estimate of drug-likeness (QED) is 0.869. The molecule has 1 N–H and O–H groups in total. The zero-order valence-electron chi connectivity index (χ0n) is 12.6. The van der Waals surface area contributed by atoms with Gasteiger partial charge in [0, 0.05) is 12.7 Å². The number of carboxylic acid groups (broad SMARTS) is 1. The number of aromatic nitrogens is 2. The first-order valence-electron chi connectivity index (χ1n) is 7.57. The molecule has 0 radical (unpaired) electrons. The van der Waals surface area contributed by atoms with E-state index in [2.05, 4.69) is 18.9 Å². The highest BCUT2D eigenvalue weighted by atomic mass is 16.4. The monoisotopic (exact) mass is 279 g/mol. The molecule has 1 fully saturated rings. The van der Waals surface area contributed by atoms with E-state index in [-0.39, 0.29) is 12.0 Å². The summed E-state index contributed by atoms with van der Waals surface area (Å²) in [6.07, 6.45) is 5.10. The van der Waals surface area contributed by atoms with Gasteiger partial charge in [-0.2, -0.15) is 5.10 Å². The summed E-state index contributed by atoms with van der Waals surface area (Å²) in [7, 11) is 0. The van der Waals surface area contributed by atoms with Crippen molar-refractivity contribution in [2.45, 2.75) is 58.7 Å². The summed E-state index contributed by atoms with van der Waals surface area (Å²) in [4.78, 5) is 13.4. The van der Waals surface area contributed by atoms with Crippen molar-refractivity contribution in [3.05, 3.63) is 18.0 Å². The van der Waals surface area contributed by atoms with E-state index in [9.17, 15) is 9.90 Å². The molecule has 1 saturated heterocycles. The topological polar surface area (TPSA) is 58.4 Å². The molecular formula is C15H25N3O2. The average Bonchev–Trinajstić information content (AvgIpc) is 2.99. The normalized spacial score (nSPS) is 23.6. The maximum absolute atomic E-state index is 11.4. The van der Waals surface area contributed by atoms with E-state index in [0.717, 1.165) is 31.5 Å². The number of carboxylic acids is 1. The number of hydrogen-bond donors (Lipinski definition) is 1. The summed E-state index contributed by atoms with van der Waals surface area (Å²) in [5.41, 5.74) is 0.970. The van der Waals surface area contributed by atoms with Gasteiger partial charge < -0.3 is 5.11 Å². The largest absolute Gasteiger partial charge is 0.480 e. The van der Waals surface area contributed by atoms with Gasteiger partial charge in [0.05, 0.1) is 11.7 Å². The molecule has 1 aliphatic heterocycles. The molecule has 1 aromatic rings. The van der Waals surface area contributed by atoms with Gasteiger partial charge in [0.1, 0.15) is 6.04 Å². The van der Waals surface area contributed by atoms with Crippen LogP contribution in [0.25, 0.3) is 0 Å². The Morgan fingerprint density at radius 1 is 1.50 bits per heavy atom. The van der Waals surface area contributed by atoms with Crippen molar-refractivity contribution in [1.82, 2.24) is 14.7 Å². The van der Waals surface area contributed by atoms with Gasteiger partial charge in [-0.25, -0.2) is 0 Å². The molecule has 0 aromatic carbocycles. The van der Waals surface area contributed by atoms with Gasteiger partial charge in [0.15, 0.2) is 0 Å². The maximum Gasteiger partial charge on any atom is 0.321 e. The smallest absolute Gasteiger partial charge is 0.321 e. The van der Waals surface area contributed by atoms with Gasteiger partial charge in [-0.1, -0.05) is 20.8 Å². The molecule has 2 unspecified atom stereocenters. The first kappa shape index (κ1) is 15.0. The third-order valence-corrected chi connectivity index (χ3v) is 4.40. The lowest BCUT2D eigenvalue weighted by Crippen LogP contribution is -2.38. The van der Waals surface area contributed by atoms with Gasteiger partial charge in [-0.15, -0.1) is 0 Å². The van der Waals surface area contributed by atoms with Crippen molar-refractivity contribution in [2.24, 2.45) is 5.92 Å². The van der Waals surface area contributed by atoms with Crippen LogP contribution in [-0.2, 0) is 11.3 Å². The molecule has 0 bridgehead atoms.